The van der Waals surface area contributed by atoms with Crippen LogP contribution in [0.5, 0.6) is 0 Å². The summed E-state index contributed by atoms with van der Waals surface area (Å²) in [7, 11) is 0. The number of H-pyrrole nitrogens is 1. The van der Waals surface area contributed by atoms with Crippen molar-refractivity contribution >= 4 is 10.9 Å². The molecule has 3 nitrogen and oxygen atoms in total. The molecule has 1 aromatic heterocycles. The first-order valence-corrected chi connectivity index (χ1v) is 8.75. The summed E-state index contributed by atoms with van der Waals surface area (Å²) in [5.74, 6) is 0.590. The zero-order valence-corrected chi connectivity index (χ0v) is 14.5. The number of aliphatic hydroxyl groups excluding tert-OH is 1. The van der Waals surface area contributed by atoms with E-state index < -0.39 is 0 Å². The Kier molecular flexibility index (Phi) is 4.88. The van der Waals surface area contributed by atoms with Crippen LogP contribution in [0, 0.1) is 12.8 Å². The molecule has 3 heteroatoms. The Morgan fingerprint density at radius 2 is 2.17 bits per heavy atom. The molecule has 1 aromatic carbocycles. The van der Waals surface area contributed by atoms with Crippen molar-refractivity contribution in [2.75, 3.05) is 26.2 Å². The highest BCUT2D eigenvalue weighted by Crippen LogP contribution is 2.38. The lowest BCUT2D eigenvalue weighted by Crippen LogP contribution is -2.38. The van der Waals surface area contributed by atoms with Crippen molar-refractivity contribution in [3.8, 4) is 0 Å². The molecule has 0 bridgehead atoms. The number of likely N-dealkylation sites (N-methyl/N-ethyl adjacent to an activating group) is 1. The first-order valence-electron chi connectivity index (χ1n) is 8.75. The molecule has 23 heavy (non-hydrogen) atoms. The number of likely N-dealkylation sites (tertiary alicyclic amines) is 1. The molecule has 3 rings (SSSR count). The van der Waals surface area contributed by atoms with E-state index in [9.17, 15) is 5.11 Å². The normalized spacial score (nSPS) is 22.8. The molecule has 0 spiro atoms. The van der Waals surface area contributed by atoms with Gasteiger partial charge < -0.3 is 10.1 Å². The molecule has 2 N–H and O–H groups in total. The first kappa shape index (κ1) is 16.3. The van der Waals surface area contributed by atoms with Gasteiger partial charge in [-0.3, -0.25) is 4.90 Å². The summed E-state index contributed by atoms with van der Waals surface area (Å²) in [6, 6.07) is 8.43. The molecule has 2 heterocycles. The minimum Gasteiger partial charge on any atom is -0.396 e. The van der Waals surface area contributed by atoms with Crippen LogP contribution in [0.15, 0.2) is 35.9 Å². The largest absolute Gasteiger partial charge is 0.396 e. The number of rotatable bonds is 4. The molecule has 1 aliphatic rings. The van der Waals surface area contributed by atoms with E-state index in [4.69, 9.17) is 0 Å². The lowest BCUT2D eigenvalue weighted by atomic mass is 9.78. The van der Waals surface area contributed by atoms with Gasteiger partial charge in [-0.25, -0.2) is 0 Å². The molecule has 0 aliphatic carbocycles. The van der Waals surface area contributed by atoms with Gasteiger partial charge in [-0.15, -0.1) is 0 Å². The highest BCUT2D eigenvalue weighted by Gasteiger charge is 2.32. The molecule has 2 atom stereocenters. The summed E-state index contributed by atoms with van der Waals surface area (Å²) >= 11 is 0. The smallest absolute Gasteiger partial charge is 0.0519 e. The summed E-state index contributed by atoms with van der Waals surface area (Å²) < 4.78 is 0. The Balaban J connectivity index is 1.96. The molecule has 0 amide bonds. The molecule has 124 valence electrons. The fraction of sp³-hybridized carbons (Fsp3) is 0.500. The molecule has 1 fully saturated rings. The third kappa shape index (κ3) is 2.96. The highest BCUT2D eigenvalue weighted by atomic mass is 16.3. The second-order valence-electron chi connectivity index (χ2n) is 6.63. The molecular weight excluding hydrogens is 284 g/mol. The van der Waals surface area contributed by atoms with E-state index in [2.05, 4.69) is 61.0 Å². The minimum absolute atomic E-state index is 0.160. The summed E-state index contributed by atoms with van der Waals surface area (Å²) in [6.07, 6.45) is 3.38. The molecule has 1 aliphatic heterocycles. The monoisotopic (exact) mass is 312 g/mol. The molecule has 2 unspecified atom stereocenters. The number of aromatic nitrogens is 1. The number of piperidine rings is 1. The van der Waals surface area contributed by atoms with Gasteiger partial charge in [0, 0.05) is 29.1 Å². The summed E-state index contributed by atoms with van der Waals surface area (Å²) in [6.45, 7) is 9.98. The number of nitrogens with one attached hydrogen (secondary N) is 1. The van der Waals surface area contributed by atoms with E-state index in [0.29, 0.717) is 5.92 Å². The van der Waals surface area contributed by atoms with Gasteiger partial charge in [0.25, 0.3) is 0 Å². The van der Waals surface area contributed by atoms with Crippen LogP contribution in [0.4, 0.5) is 0 Å². The van der Waals surface area contributed by atoms with Crippen molar-refractivity contribution in [3.05, 3.63) is 47.2 Å². The Morgan fingerprint density at radius 3 is 2.83 bits per heavy atom. The highest BCUT2D eigenvalue weighted by molar-refractivity contribution is 5.84. The molecule has 2 aromatic rings. The lowest BCUT2D eigenvalue weighted by molar-refractivity contribution is 0.183. The Morgan fingerprint density at radius 1 is 1.39 bits per heavy atom. The van der Waals surface area contributed by atoms with Crippen LogP contribution in [0.1, 0.15) is 37.4 Å². The van der Waals surface area contributed by atoms with Crippen LogP contribution >= 0.6 is 0 Å². The van der Waals surface area contributed by atoms with Gasteiger partial charge in [0.1, 0.15) is 0 Å². The SMILES string of the molecule is C/C=C1\CN(CC)CCC1C(CO)c1[nH]c2ccccc2c1C. The second-order valence-corrected chi connectivity index (χ2v) is 6.63. The first-order chi connectivity index (χ1) is 11.2. The standard InChI is InChI=1S/C20H28N2O/c1-4-15-12-22(5-2)11-10-17(15)18(13-23)20-14(3)16-8-6-7-9-19(16)21-20/h4,6-9,17-18,21,23H,5,10-13H2,1-3H3/b15-4+. The average Bonchev–Trinajstić information content (AvgIpc) is 2.93. The number of hydrogen-bond donors (Lipinski definition) is 2. The second kappa shape index (κ2) is 6.90. The Bertz CT molecular complexity index is 701. The van der Waals surface area contributed by atoms with Crippen molar-refractivity contribution in [2.45, 2.75) is 33.1 Å². The number of hydrogen-bond acceptors (Lipinski definition) is 2. The van der Waals surface area contributed by atoms with Crippen LogP contribution in [0.3, 0.4) is 0 Å². The number of aryl methyl sites for hydroxylation is 1. The van der Waals surface area contributed by atoms with Crippen LogP contribution in [-0.4, -0.2) is 41.2 Å². The molecular formula is C20H28N2O. The Labute approximate surface area is 139 Å². The number of para-hydroxylation sites is 1. The van der Waals surface area contributed by atoms with Gasteiger partial charge in [-0.05, 0) is 50.9 Å². The van der Waals surface area contributed by atoms with Crippen LogP contribution in [0.25, 0.3) is 10.9 Å². The van der Waals surface area contributed by atoms with E-state index in [1.165, 1.54) is 27.7 Å². The van der Waals surface area contributed by atoms with Gasteiger partial charge in [-0.2, -0.15) is 0 Å². The van der Waals surface area contributed by atoms with Gasteiger partial charge in [0.05, 0.1) is 6.61 Å². The van der Waals surface area contributed by atoms with Crippen molar-refractivity contribution < 1.29 is 5.11 Å². The van der Waals surface area contributed by atoms with Gasteiger partial charge in [-0.1, -0.05) is 36.8 Å². The van der Waals surface area contributed by atoms with Gasteiger partial charge in [0.15, 0.2) is 0 Å². The van der Waals surface area contributed by atoms with Crippen LogP contribution in [-0.2, 0) is 0 Å². The number of fused-ring (bicyclic) bond motifs is 1. The topological polar surface area (TPSA) is 39.3 Å². The van der Waals surface area contributed by atoms with Crippen molar-refractivity contribution in [1.82, 2.24) is 9.88 Å². The minimum atomic E-state index is 0.160. The maximum atomic E-state index is 10.2. The van der Waals surface area contributed by atoms with Crippen molar-refractivity contribution in [3.63, 3.8) is 0 Å². The van der Waals surface area contributed by atoms with E-state index in [1.54, 1.807) is 0 Å². The molecule has 0 radical (unpaired) electrons. The number of nitrogens with zero attached hydrogens (tertiary/aromatic N) is 1. The summed E-state index contributed by atoms with van der Waals surface area (Å²) in [5, 5.41) is 11.4. The maximum Gasteiger partial charge on any atom is 0.0519 e. The van der Waals surface area contributed by atoms with Gasteiger partial charge >= 0.3 is 0 Å². The van der Waals surface area contributed by atoms with E-state index in [-0.39, 0.29) is 12.5 Å². The number of allylic oxidation sites excluding steroid dienone is 1. The van der Waals surface area contributed by atoms with Crippen LogP contribution in [0.2, 0.25) is 0 Å². The van der Waals surface area contributed by atoms with E-state index in [0.717, 1.165) is 26.1 Å². The fourth-order valence-corrected chi connectivity index (χ4v) is 4.09. The van der Waals surface area contributed by atoms with E-state index in [1.807, 2.05) is 0 Å². The lowest BCUT2D eigenvalue weighted by Gasteiger charge is -2.37. The third-order valence-corrected chi connectivity index (χ3v) is 5.51. The predicted octanol–water partition coefficient (Wildman–Crippen LogP) is 3.84. The van der Waals surface area contributed by atoms with Gasteiger partial charge in [0.2, 0.25) is 0 Å². The summed E-state index contributed by atoms with van der Waals surface area (Å²) in [4.78, 5) is 6.07. The third-order valence-electron chi connectivity index (χ3n) is 5.51. The fourth-order valence-electron chi connectivity index (χ4n) is 4.09. The molecule has 1 saturated heterocycles. The Hall–Kier alpha value is -1.58. The number of aliphatic hydroxyl groups is 1. The van der Waals surface area contributed by atoms with E-state index >= 15 is 0 Å². The zero-order valence-electron chi connectivity index (χ0n) is 14.5. The summed E-state index contributed by atoms with van der Waals surface area (Å²) in [5.41, 5.74) is 5.14. The number of aromatic amines is 1. The van der Waals surface area contributed by atoms with Crippen LogP contribution < -0.4 is 0 Å². The molecule has 0 saturated carbocycles. The maximum absolute atomic E-state index is 10.2. The predicted molar refractivity (Wildman–Crippen MR) is 96.8 cm³/mol. The number of benzene rings is 1. The van der Waals surface area contributed by atoms with Crippen molar-refractivity contribution in [1.29, 1.82) is 0 Å². The van der Waals surface area contributed by atoms with Crippen molar-refractivity contribution in [2.24, 2.45) is 5.92 Å². The zero-order chi connectivity index (χ0) is 16.4. The average molecular weight is 312 g/mol. The quantitative estimate of drug-likeness (QED) is 0.842.